The van der Waals surface area contributed by atoms with Crippen LogP contribution in [0.1, 0.15) is 22.8 Å². The van der Waals surface area contributed by atoms with Crippen LogP contribution in [-0.4, -0.2) is 56.1 Å². The number of hydrogen-bond donors (Lipinski definition) is 0. The molecule has 0 bridgehead atoms. The van der Waals surface area contributed by atoms with Gasteiger partial charge in [-0.2, -0.15) is 4.31 Å². The van der Waals surface area contributed by atoms with Gasteiger partial charge >= 0.3 is 0 Å². The average molecular weight is 390 g/mol. The lowest BCUT2D eigenvalue weighted by Gasteiger charge is -2.34. The van der Waals surface area contributed by atoms with Crippen molar-refractivity contribution in [2.45, 2.75) is 18.2 Å². The van der Waals surface area contributed by atoms with Gasteiger partial charge in [0, 0.05) is 38.3 Å². The molecular formula is C20H23FN2O3S. The molecule has 5 nitrogen and oxygen atoms in total. The van der Waals surface area contributed by atoms with Gasteiger partial charge in [0.2, 0.25) is 10.0 Å². The van der Waals surface area contributed by atoms with Crippen molar-refractivity contribution in [3.63, 3.8) is 0 Å². The number of halogens is 1. The molecule has 144 valence electrons. The Hall–Kier alpha value is -2.09. The molecule has 27 heavy (non-hydrogen) atoms. The summed E-state index contributed by atoms with van der Waals surface area (Å²) in [6.45, 7) is 4.16. The summed E-state index contributed by atoms with van der Waals surface area (Å²) in [6, 6.07) is 12.8. The van der Waals surface area contributed by atoms with Gasteiger partial charge in [-0.05, 0) is 37.1 Å². The third-order valence-corrected chi connectivity index (χ3v) is 6.80. The van der Waals surface area contributed by atoms with Crippen molar-refractivity contribution in [2.75, 3.05) is 32.7 Å². The van der Waals surface area contributed by atoms with Crippen LogP contribution < -0.4 is 0 Å². The van der Waals surface area contributed by atoms with E-state index < -0.39 is 10.0 Å². The quantitative estimate of drug-likeness (QED) is 0.712. The van der Waals surface area contributed by atoms with E-state index in [4.69, 9.17) is 0 Å². The van der Waals surface area contributed by atoms with Gasteiger partial charge < -0.3 is 4.90 Å². The minimum atomic E-state index is -3.57. The smallest absolute Gasteiger partial charge is 0.243 e. The third kappa shape index (κ3) is 4.61. The minimum Gasteiger partial charge on any atom is -0.300 e. The Bertz CT molecular complexity index is 905. The van der Waals surface area contributed by atoms with E-state index in [1.165, 1.54) is 29.4 Å². The SMILES string of the molecule is CC(=O)c1ccc(S(=O)(=O)N2CCN(CCc3ccccc3F)CC2)cc1. The number of carbonyl (C=O) groups excluding carboxylic acids is 1. The van der Waals surface area contributed by atoms with E-state index >= 15 is 0 Å². The Morgan fingerprint density at radius 1 is 1.00 bits per heavy atom. The summed E-state index contributed by atoms with van der Waals surface area (Å²) in [6.07, 6.45) is 0.603. The molecule has 0 atom stereocenters. The molecule has 0 saturated carbocycles. The van der Waals surface area contributed by atoms with Crippen LogP contribution in [0.25, 0.3) is 0 Å². The highest BCUT2D eigenvalue weighted by molar-refractivity contribution is 7.89. The average Bonchev–Trinajstić information content (AvgIpc) is 2.68. The van der Waals surface area contributed by atoms with E-state index in [1.807, 2.05) is 6.07 Å². The Kier molecular flexibility index (Phi) is 6.04. The molecule has 1 heterocycles. The maximum Gasteiger partial charge on any atom is 0.243 e. The zero-order chi connectivity index (χ0) is 19.4. The van der Waals surface area contributed by atoms with Crippen molar-refractivity contribution in [3.05, 3.63) is 65.5 Å². The number of sulfonamides is 1. The number of rotatable bonds is 6. The molecule has 3 rings (SSSR count). The van der Waals surface area contributed by atoms with Crippen LogP contribution in [0, 0.1) is 5.82 Å². The fourth-order valence-corrected chi connectivity index (χ4v) is 4.61. The lowest BCUT2D eigenvalue weighted by atomic mass is 10.1. The largest absolute Gasteiger partial charge is 0.300 e. The van der Waals surface area contributed by atoms with Crippen LogP contribution >= 0.6 is 0 Å². The highest BCUT2D eigenvalue weighted by Crippen LogP contribution is 2.19. The summed E-state index contributed by atoms with van der Waals surface area (Å²) in [7, 11) is -3.57. The minimum absolute atomic E-state index is 0.0950. The summed E-state index contributed by atoms with van der Waals surface area (Å²) in [5, 5.41) is 0. The second-order valence-electron chi connectivity index (χ2n) is 6.67. The predicted octanol–water partition coefficient (Wildman–Crippen LogP) is 2.58. The first-order valence-corrected chi connectivity index (χ1v) is 10.4. The van der Waals surface area contributed by atoms with Gasteiger partial charge in [0.15, 0.2) is 5.78 Å². The predicted molar refractivity (Wildman–Crippen MR) is 102 cm³/mol. The van der Waals surface area contributed by atoms with Gasteiger partial charge in [0.25, 0.3) is 0 Å². The lowest BCUT2D eigenvalue weighted by molar-refractivity contribution is 0.101. The summed E-state index contributed by atoms with van der Waals surface area (Å²) in [5.74, 6) is -0.296. The van der Waals surface area contributed by atoms with E-state index in [-0.39, 0.29) is 16.5 Å². The molecule has 1 fully saturated rings. The second kappa shape index (κ2) is 8.29. The molecule has 7 heteroatoms. The van der Waals surface area contributed by atoms with Crippen LogP contribution in [0.2, 0.25) is 0 Å². The van der Waals surface area contributed by atoms with Gasteiger partial charge in [0.1, 0.15) is 5.82 Å². The van der Waals surface area contributed by atoms with Crippen LogP contribution in [0.5, 0.6) is 0 Å². The second-order valence-corrected chi connectivity index (χ2v) is 8.61. The van der Waals surface area contributed by atoms with Gasteiger partial charge in [0.05, 0.1) is 4.90 Å². The summed E-state index contributed by atoms with van der Waals surface area (Å²) >= 11 is 0. The van der Waals surface area contributed by atoms with Crippen molar-refractivity contribution < 1.29 is 17.6 Å². The van der Waals surface area contributed by atoms with Crippen LogP contribution in [0.15, 0.2) is 53.4 Å². The maximum absolute atomic E-state index is 13.7. The monoisotopic (exact) mass is 390 g/mol. The zero-order valence-corrected chi connectivity index (χ0v) is 16.1. The summed E-state index contributed by atoms with van der Waals surface area (Å²) in [4.78, 5) is 13.7. The Morgan fingerprint density at radius 2 is 1.63 bits per heavy atom. The Labute approximate surface area is 159 Å². The molecule has 1 aliphatic heterocycles. The number of nitrogens with zero attached hydrogens (tertiary/aromatic N) is 2. The van der Waals surface area contributed by atoms with Crippen LogP contribution in [0.4, 0.5) is 4.39 Å². The van der Waals surface area contributed by atoms with E-state index in [9.17, 15) is 17.6 Å². The van der Waals surface area contributed by atoms with Gasteiger partial charge in [-0.15, -0.1) is 0 Å². The van der Waals surface area contributed by atoms with E-state index in [1.54, 1.807) is 24.3 Å². The fourth-order valence-electron chi connectivity index (χ4n) is 3.18. The Morgan fingerprint density at radius 3 is 2.22 bits per heavy atom. The number of benzene rings is 2. The summed E-state index contributed by atoms with van der Waals surface area (Å²) < 4.78 is 40.7. The van der Waals surface area contributed by atoms with E-state index in [2.05, 4.69) is 4.90 Å². The standard InChI is InChI=1S/C20H23FN2O3S/c1-16(24)17-6-8-19(9-7-17)27(25,26)23-14-12-22(13-15-23)11-10-18-4-2-3-5-20(18)21/h2-9H,10-15H2,1H3. The van der Waals surface area contributed by atoms with Crippen LogP contribution in [0.3, 0.4) is 0 Å². The first kappa shape index (κ1) is 19.7. The highest BCUT2D eigenvalue weighted by atomic mass is 32.2. The number of hydrogen-bond acceptors (Lipinski definition) is 4. The van der Waals surface area contributed by atoms with Crippen molar-refractivity contribution >= 4 is 15.8 Å². The lowest BCUT2D eigenvalue weighted by Crippen LogP contribution is -2.49. The molecule has 2 aromatic rings. The van der Waals surface area contributed by atoms with Gasteiger partial charge in [-0.3, -0.25) is 4.79 Å². The molecule has 0 N–H and O–H groups in total. The summed E-state index contributed by atoms with van der Waals surface area (Å²) in [5.41, 5.74) is 1.17. The normalized spacial score (nSPS) is 16.4. The first-order valence-electron chi connectivity index (χ1n) is 8.95. The number of carbonyl (C=O) groups is 1. The molecule has 0 unspecified atom stereocenters. The number of ketones is 1. The number of Topliss-reactive ketones (excluding diaryl/α,β-unsaturated/α-hetero) is 1. The van der Waals surface area contributed by atoms with Crippen molar-refractivity contribution in [1.82, 2.24) is 9.21 Å². The molecule has 0 radical (unpaired) electrons. The van der Waals surface area contributed by atoms with Crippen molar-refractivity contribution in [3.8, 4) is 0 Å². The molecular weight excluding hydrogens is 367 g/mol. The fraction of sp³-hybridized carbons (Fsp3) is 0.350. The highest BCUT2D eigenvalue weighted by Gasteiger charge is 2.28. The van der Waals surface area contributed by atoms with Crippen molar-refractivity contribution in [1.29, 1.82) is 0 Å². The van der Waals surface area contributed by atoms with Crippen molar-refractivity contribution in [2.24, 2.45) is 0 Å². The third-order valence-electron chi connectivity index (χ3n) is 4.89. The van der Waals surface area contributed by atoms with Crippen LogP contribution in [-0.2, 0) is 16.4 Å². The first-order chi connectivity index (χ1) is 12.9. The van der Waals surface area contributed by atoms with E-state index in [0.29, 0.717) is 50.3 Å². The zero-order valence-electron chi connectivity index (χ0n) is 15.3. The molecule has 1 saturated heterocycles. The molecule has 1 aliphatic rings. The Balaban J connectivity index is 1.57. The number of piperazine rings is 1. The topological polar surface area (TPSA) is 57.7 Å². The maximum atomic E-state index is 13.7. The molecule has 0 amide bonds. The van der Waals surface area contributed by atoms with Gasteiger partial charge in [-0.1, -0.05) is 30.3 Å². The van der Waals surface area contributed by atoms with Gasteiger partial charge in [-0.25, -0.2) is 12.8 Å². The molecule has 0 spiro atoms. The molecule has 0 aromatic heterocycles. The van der Waals surface area contributed by atoms with E-state index in [0.717, 1.165) is 0 Å². The molecule has 0 aliphatic carbocycles. The molecule has 2 aromatic carbocycles.